The highest BCUT2D eigenvalue weighted by molar-refractivity contribution is 6.12. The summed E-state index contributed by atoms with van der Waals surface area (Å²) in [5, 5.41) is 14.6. The summed E-state index contributed by atoms with van der Waals surface area (Å²) in [6.07, 6.45) is -11.5. The third-order valence-electron chi connectivity index (χ3n) is 5.38. The maximum atomic E-state index is 13.6. The van der Waals surface area contributed by atoms with Gasteiger partial charge in [-0.2, -0.15) is 26.3 Å². The molecule has 0 unspecified atom stereocenters. The number of Topliss-reactive ketones (excluding diaryl/α,β-unsaturated/α-hetero) is 1. The smallest absolute Gasteiger partial charge is 0.422 e. The molecule has 0 aliphatic carbocycles. The van der Waals surface area contributed by atoms with Crippen LogP contribution in [0.5, 0.6) is 5.75 Å². The number of pyridine rings is 1. The van der Waals surface area contributed by atoms with E-state index in [2.05, 4.69) is 9.72 Å². The predicted octanol–water partition coefficient (Wildman–Crippen LogP) is 5.29. The molecule has 2 N–H and O–H groups in total. The van der Waals surface area contributed by atoms with E-state index in [0.29, 0.717) is 11.6 Å². The molecule has 3 aromatic rings. The first kappa shape index (κ1) is 29.9. The largest absolute Gasteiger partial charge is 0.530 e. The summed E-state index contributed by atoms with van der Waals surface area (Å²) in [5.41, 5.74) is -0.174. The third kappa shape index (κ3) is 7.94. The standard InChI is InChI=1S/C26H21F6N3O5/c1-13-11-33-14(2)6-17(13)15-4-3-5-16(7-15)21(36)10-23(37)34-19-8-18(26(30,31)32)22(40-12-25(27,28)29)9-20(19)35-24(38)39/h3-9,11,35H,10,12H2,1-2H3,(H,34,37)(H,38,39)/p-1. The van der Waals surface area contributed by atoms with Gasteiger partial charge >= 0.3 is 12.4 Å². The second-order valence-electron chi connectivity index (χ2n) is 8.58. The average molecular weight is 568 g/mol. The van der Waals surface area contributed by atoms with Gasteiger partial charge in [-0.25, -0.2) is 0 Å². The highest BCUT2D eigenvalue weighted by atomic mass is 19.4. The van der Waals surface area contributed by atoms with Crippen molar-refractivity contribution in [2.24, 2.45) is 0 Å². The minimum Gasteiger partial charge on any atom is -0.530 e. The fourth-order valence-electron chi connectivity index (χ4n) is 3.64. The van der Waals surface area contributed by atoms with Crippen molar-refractivity contribution < 1.29 is 50.6 Å². The van der Waals surface area contributed by atoms with Gasteiger partial charge in [0.15, 0.2) is 12.4 Å². The second kappa shape index (κ2) is 11.6. The summed E-state index contributed by atoms with van der Waals surface area (Å²) in [4.78, 5) is 40.6. The van der Waals surface area contributed by atoms with Crippen LogP contribution in [-0.2, 0) is 11.0 Å². The van der Waals surface area contributed by atoms with E-state index in [1.165, 1.54) is 12.1 Å². The molecule has 1 aromatic heterocycles. The SMILES string of the molecule is Cc1cc(-c2cccc(C(=O)CC(=O)Nc3cc(C(F)(F)F)c(OCC(F)(F)F)cc3NC(=O)[O-])c2)c(C)cn1. The van der Waals surface area contributed by atoms with Gasteiger partial charge in [0.25, 0.3) is 0 Å². The van der Waals surface area contributed by atoms with Crippen molar-refractivity contribution in [3.8, 4) is 16.9 Å². The highest BCUT2D eigenvalue weighted by Gasteiger charge is 2.37. The molecule has 0 aliphatic rings. The van der Waals surface area contributed by atoms with Crippen LogP contribution < -0.4 is 20.5 Å². The number of benzene rings is 2. The quantitative estimate of drug-likeness (QED) is 0.216. The Hall–Kier alpha value is -4.62. The number of carboxylic acid groups (broad SMARTS) is 1. The number of aryl methyl sites for hydroxylation is 2. The topological polar surface area (TPSA) is 120 Å². The van der Waals surface area contributed by atoms with Crippen LogP contribution >= 0.6 is 0 Å². The van der Waals surface area contributed by atoms with E-state index < -0.39 is 65.9 Å². The van der Waals surface area contributed by atoms with Gasteiger partial charge in [0.05, 0.1) is 23.4 Å². The number of anilines is 2. The van der Waals surface area contributed by atoms with Gasteiger partial charge in [-0.3, -0.25) is 14.6 Å². The zero-order chi connectivity index (χ0) is 29.8. The molecule has 3 rings (SSSR count). The van der Waals surface area contributed by atoms with Crippen LogP contribution in [0.2, 0.25) is 0 Å². The van der Waals surface area contributed by atoms with Crippen LogP contribution in [0.15, 0.2) is 48.7 Å². The van der Waals surface area contributed by atoms with E-state index in [9.17, 15) is 45.8 Å². The van der Waals surface area contributed by atoms with Gasteiger partial charge in [0.1, 0.15) is 11.8 Å². The van der Waals surface area contributed by atoms with Crippen molar-refractivity contribution in [3.05, 3.63) is 71.0 Å². The number of nitrogens with one attached hydrogen (secondary N) is 2. The summed E-state index contributed by atoms with van der Waals surface area (Å²) < 4.78 is 82.5. The second-order valence-corrected chi connectivity index (χ2v) is 8.58. The van der Waals surface area contributed by atoms with Crippen molar-refractivity contribution in [3.63, 3.8) is 0 Å². The lowest BCUT2D eigenvalue weighted by Crippen LogP contribution is -2.30. The van der Waals surface area contributed by atoms with Crippen LogP contribution in [0.1, 0.15) is 33.6 Å². The van der Waals surface area contributed by atoms with Crippen LogP contribution in [0.4, 0.5) is 42.5 Å². The Morgan fingerprint density at radius 3 is 2.25 bits per heavy atom. The molecule has 0 saturated carbocycles. The summed E-state index contributed by atoms with van der Waals surface area (Å²) in [7, 11) is 0. The lowest BCUT2D eigenvalue weighted by molar-refractivity contribution is -0.242. The monoisotopic (exact) mass is 568 g/mol. The zero-order valence-corrected chi connectivity index (χ0v) is 20.8. The van der Waals surface area contributed by atoms with E-state index >= 15 is 0 Å². The molecule has 212 valence electrons. The number of carbonyl (C=O) groups excluding carboxylic acids is 3. The predicted molar refractivity (Wildman–Crippen MR) is 129 cm³/mol. The van der Waals surface area contributed by atoms with E-state index in [1.54, 1.807) is 36.6 Å². The van der Waals surface area contributed by atoms with Crippen molar-refractivity contribution in [1.82, 2.24) is 4.98 Å². The molecule has 8 nitrogen and oxygen atoms in total. The molecule has 2 amide bonds. The lowest BCUT2D eigenvalue weighted by Gasteiger charge is -2.20. The van der Waals surface area contributed by atoms with Crippen molar-refractivity contribution in [2.45, 2.75) is 32.6 Å². The number of amides is 2. The molecule has 0 saturated heterocycles. The first-order chi connectivity index (χ1) is 18.5. The minimum atomic E-state index is -5.25. The molecule has 40 heavy (non-hydrogen) atoms. The average Bonchev–Trinajstić information content (AvgIpc) is 2.84. The number of hydrogen-bond acceptors (Lipinski definition) is 6. The van der Waals surface area contributed by atoms with Crippen LogP contribution in [-0.4, -0.2) is 35.6 Å². The lowest BCUT2D eigenvalue weighted by atomic mass is 9.97. The zero-order valence-electron chi connectivity index (χ0n) is 20.8. The molecule has 0 bridgehead atoms. The van der Waals surface area contributed by atoms with Crippen LogP contribution in [0, 0.1) is 13.8 Å². The van der Waals surface area contributed by atoms with Gasteiger partial charge in [0, 0.05) is 23.5 Å². The van der Waals surface area contributed by atoms with Crippen molar-refractivity contribution in [1.29, 1.82) is 0 Å². The Bertz CT molecular complexity index is 1450. The van der Waals surface area contributed by atoms with Gasteiger partial charge < -0.3 is 25.3 Å². The minimum absolute atomic E-state index is 0.112. The summed E-state index contributed by atoms with van der Waals surface area (Å²) in [6, 6.07) is 8.58. The fraction of sp³-hybridized carbons (Fsp3) is 0.231. The Balaban J connectivity index is 1.88. The molecule has 0 atom stereocenters. The molecule has 14 heteroatoms. The van der Waals surface area contributed by atoms with Gasteiger partial charge in [-0.05, 0) is 48.7 Å². The number of ether oxygens (including phenoxy) is 1. The molecule has 2 aromatic carbocycles. The van der Waals surface area contributed by atoms with Gasteiger partial charge in [-0.1, -0.05) is 18.2 Å². The number of halogens is 6. The maximum absolute atomic E-state index is 13.6. The molecular weight excluding hydrogens is 548 g/mol. The molecule has 0 aliphatic heterocycles. The fourth-order valence-corrected chi connectivity index (χ4v) is 3.64. The molecule has 0 radical (unpaired) electrons. The van der Waals surface area contributed by atoms with E-state index in [1.807, 2.05) is 12.2 Å². The molecular formula is C26H20F6N3O5-. The Morgan fingerprint density at radius 1 is 0.950 bits per heavy atom. The number of alkyl halides is 6. The normalized spacial score (nSPS) is 11.6. The van der Waals surface area contributed by atoms with Gasteiger partial charge in [-0.15, -0.1) is 0 Å². The number of ketones is 1. The maximum Gasteiger partial charge on any atom is 0.422 e. The Labute approximate surface area is 223 Å². The first-order valence-corrected chi connectivity index (χ1v) is 11.3. The summed E-state index contributed by atoms with van der Waals surface area (Å²) >= 11 is 0. The van der Waals surface area contributed by atoms with Crippen LogP contribution in [0.25, 0.3) is 11.1 Å². The highest BCUT2D eigenvalue weighted by Crippen LogP contribution is 2.42. The number of aromatic nitrogens is 1. The van der Waals surface area contributed by atoms with Gasteiger partial charge in [0.2, 0.25) is 5.91 Å². The van der Waals surface area contributed by atoms with Crippen molar-refractivity contribution in [2.75, 3.05) is 17.2 Å². The Morgan fingerprint density at radius 2 is 1.62 bits per heavy atom. The molecule has 0 spiro atoms. The number of carbonyl (C=O) groups is 3. The number of nitrogens with zero attached hydrogens (tertiary/aromatic N) is 1. The van der Waals surface area contributed by atoms with E-state index in [4.69, 9.17) is 0 Å². The van der Waals surface area contributed by atoms with E-state index in [0.717, 1.165) is 16.8 Å². The summed E-state index contributed by atoms with van der Waals surface area (Å²) in [6.45, 7) is 1.50. The van der Waals surface area contributed by atoms with Crippen LogP contribution in [0.3, 0.4) is 0 Å². The number of hydrogen-bond donors (Lipinski definition) is 2. The molecule has 1 heterocycles. The summed E-state index contributed by atoms with van der Waals surface area (Å²) in [5.74, 6) is -3.18. The number of rotatable bonds is 8. The van der Waals surface area contributed by atoms with Crippen molar-refractivity contribution >= 4 is 29.2 Å². The first-order valence-electron chi connectivity index (χ1n) is 11.3. The van der Waals surface area contributed by atoms with E-state index in [-0.39, 0.29) is 11.6 Å². The Kier molecular flexibility index (Phi) is 8.71. The third-order valence-corrected chi connectivity index (χ3v) is 5.38. The molecule has 0 fully saturated rings.